The van der Waals surface area contributed by atoms with Gasteiger partial charge in [-0.3, -0.25) is 0 Å². The SMILES string of the molecule is CCNC(CCC1CCCO1)C1CCCCC1C(F)(F)F. The summed E-state index contributed by atoms with van der Waals surface area (Å²) in [6.07, 6.45) is 2.70. The van der Waals surface area contributed by atoms with E-state index >= 15 is 0 Å². The molecule has 2 aliphatic rings. The molecule has 2 fully saturated rings. The van der Waals surface area contributed by atoms with E-state index in [2.05, 4.69) is 5.32 Å². The summed E-state index contributed by atoms with van der Waals surface area (Å²) in [4.78, 5) is 0. The summed E-state index contributed by atoms with van der Waals surface area (Å²) in [7, 11) is 0. The molecular weight excluding hydrogens is 279 g/mol. The fourth-order valence-electron chi connectivity index (χ4n) is 4.01. The van der Waals surface area contributed by atoms with Gasteiger partial charge in [-0.1, -0.05) is 19.8 Å². The zero-order chi connectivity index (χ0) is 15.3. The predicted molar refractivity (Wildman–Crippen MR) is 77.2 cm³/mol. The van der Waals surface area contributed by atoms with Crippen molar-refractivity contribution in [2.75, 3.05) is 13.2 Å². The van der Waals surface area contributed by atoms with Crippen molar-refractivity contribution in [1.82, 2.24) is 5.32 Å². The third-order valence-electron chi connectivity index (χ3n) is 5.05. The first kappa shape index (κ1) is 17.1. The van der Waals surface area contributed by atoms with Gasteiger partial charge in [-0.15, -0.1) is 0 Å². The maximum atomic E-state index is 13.3. The molecule has 4 unspecified atom stereocenters. The second kappa shape index (κ2) is 7.82. The number of nitrogens with one attached hydrogen (secondary N) is 1. The standard InChI is InChI=1S/C16H28F3NO/c1-2-20-15(10-9-12-6-5-11-21-12)13-7-3-4-8-14(13)16(17,18)19/h12-15,20H,2-11H2,1H3. The molecule has 1 saturated heterocycles. The van der Waals surface area contributed by atoms with E-state index in [-0.39, 0.29) is 18.1 Å². The van der Waals surface area contributed by atoms with Crippen molar-refractivity contribution >= 4 is 0 Å². The Morgan fingerprint density at radius 1 is 1.14 bits per heavy atom. The minimum absolute atomic E-state index is 0.0221. The molecule has 1 heterocycles. The van der Waals surface area contributed by atoms with Crippen LogP contribution in [0.3, 0.4) is 0 Å². The molecule has 0 amide bonds. The lowest BCUT2D eigenvalue weighted by Gasteiger charge is -2.38. The van der Waals surface area contributed by atoms with Crippen molar-refractivity contribution in [1.29, 1.82) is 0 Å². The third kappa shape index (κ3) is 4.85. The molecule has 1 aliphatic carbocycles. The number of halogens is 3. The first-order valence-corrected chi connectivity index (χ1v) is 8.44. The van der Waals surface area contributed by atoms with Crippen LogP contribution in [0.15, 0.2) is 0 Å². The third-order valence-corrected chi connectivity index (χ3v) is 5.05. The van der Waals surface area contributed by atoms with Crippen molar-refractivity contribution < 1.29 is 17.9 Å². The molecule has 0 radical (unpaired) electrons. The van der Waals surface area contributed by atoms with Crippen LogP contribution in [0.2, 0.25) is 0 Å². The second-order valence-electron chi connectivity index (χ2n) is 6.47. The van der Waals surface area contributed by atoms with E-state index in [1.165, 1.54) is 0 Å². The molecule has 2 rings (SSSR count). The summed E-state index contributed by atoms with van der Waals surface area (Å²) in [5.74, 6) is -1.39. The molecule has 0 aromatic carbocycles. The smallest absolute Gasteiger partial charge is 0.378 e. The van der Waals surface area contributed by atoms with Gasteiger partial charge in [-0.2, -0.15) is 13.2 Å². The minimum atomic E-state index is -4.05. The Kier molecular flexibility index (Phi) is 6.35. The van der Waals surface area contributed by atoms with Gasteiger partial charge in [0, 0.05) is 12.6 Å². The Morgan fingerprint density at radius 2 is 1.90 bits per heavy atom. The van der Waals surface area contributed by atoms with Crippen LogP contribution in [0.4, 0.5) is 13.2 Å². The number of hydrogen-bond donors (Lipinski definition) is 1. The van der Waals surface area contributed by atoms with Crippen LogP contribution in [-0.4, -0.2) is 31.5 Å². The number of hydrogen-bond acceptors (Lipinski definition) is 2. The van der Waals surface area contributed by atoms with Gasteiger partial charge in [0.15, 0.2) is 0 Å². The van der Waals surface area contributed by atoms with E-state index in [1.807, 2.05) is 6.92 Å². The van der Waals surface area contributed by atoms with Crippen molar-refractivity contribution in [3.63, 3.8) is 0 Å². The molecule has 1 N–H and O–H groups in total. The second-order valence-corrected chi connectivity index (χ2v) is 6.47. The molecule has 0 aromatic heterocycles. The van der Waals surface area contributed by atoms with Gasteiger partial charge in [0.25, 0.3) is 0 Å². The molecule has 124 valence electrons. The average Bonchev–Trinajstić information content (AvgIpc) is 2.96. The summed E-state index contributed by atoms with van der Waals surface area (Å²) in [6, 6.07) is -0.0221. The average molecular weight is 307 g/mol. The number of ether oxygens (including phenoxy) is 1. The van der Waals surface area contributed by atoms with Gasteiger partial charge >= 0.3 is 6.18 Å². The lowest BCUT2D eigenvalue weighted by molar-refractivity contribution is -0.199. The van der Waals surface area contributed by atoms with E-state index in [0.29, 0.717) is 19.3 Å². The van der Waals surface area contributed by atoms with Crippen LogP contribution < -0.4 is 5.32 Å². The lowest BCUT2D eigenvalue weighted by Crippen LogP contribution is -2.46. The van der Waals surface area contributed by atoms with E-state index < -0.39 is 12.1 Å². The Bertz CT molecular complexity index is 302. The molecule has 0 aromatic rings. The van der Waals surface area contributed by atoms with Gasteiger partial charge in [0.05, 0.1) is 12.0 Å². The maximum Gasteiger partial charge on any atom is 0.392 e. The summed E-state index contributed by atoms with van der Waals surface area (Å²) in [6.45, 7) is 3.52. The number of alkyl halides is 3. The lowest BCUT2D eigenvalue weighted by atomic mass is 9.73. The Labute approximate surface area is 125 Å². The van der Waals surface area contributed by atoms with Crippen molar-refractivity contribution in [2.45, 2.75) is 76.6 Å². The molecule has 0 bridgehead atoms. The fourth-order valence-corrected chi connectivity index (χ4v) is 4.01. The molecule has 0 spiro atoms. The Balaban J connectivity index is 1.96. The van der Waals surface area contributed by atoms with Crippen molar-refractivity contribution in [2.24, 2.45) is 11.8 Å². The van der Waals surface area contributed by atoms with Crippen LogP contribution in [-0.2, 0) is 4.74 Å². The van der Waals surface area contributed by atoms with Gasteiger partial charge in [0.1, 0.15) is 0 Å². The first-order chi connectivity index (χ1) is 10.0. The molecule has 4 atom stereocenters. The van der Waals surface area contributed by atoms with E-state index in [0.717, 1.165) is 45.3 Å². The highest BCUT2D eigenvalue weighted by molar-refractivity contribution is 4.89. The molecule has 2 nitrogen and oxygen atoms in total. The molecule has 21 heavy (non-hydrogen) atoms. The Hall–Kier alpha value is -0.290. The van der Waals surface area contributed by atoms with Crippen LogP contribution in [0.5, 0.6) is 0 Å². The van der Waals surface area contributed by atoms with Crippen LogP contribution in [0.1, 0.15) is 58.3 Å². The largest absolute Gasteiger partial charge is 0.392 e. The first-order valence-electron chi connectivity index (χ1n) is 8.44. The predicted octanol–water partition coefficient (Wildman–Crippen LogP) is 4.29. The van der Waals surface area contributed by atoms with E-state index in [9.17, 15) is 13.2 Å². The van der Waals surface area contributed by atoms with Gasteiger partial charge in [-0.05, 0) is 51.0 Å². The van der Waals surface area contributed by atoms with Gasteiger partial charge in [-0.25, -0.2) is 0 Å². The summed E-state index contributed by atoms with van der Waals surface area (Å²) in [5.41, 5.74) is 0. The fraction of sp³-hybridized carbons (Fsp3) is 1.00. The normalized spacial score (nSPS) is 32.3. The molecule has 5 heteroatoms. The quantitative estimate of drug-likeness (QED) is 0.790. The zero-order valence-electron chi connectivity index (χ0n) is 12.9. The summed E-state index contributed by atoms with van der Waals surface area (Å²) in [5, 5.41) is 3.32. The monoisotopic (exact) mass is 307 g/mol. The molecular formula is C16H28F3NO. The van der Waals surface area contributed by atoms with Crippen molar-refractivity contribution in [3.05, 3.63) is 0 Å². The highest BCUT2D eigenvalue weighted by Gasteiger charge is 2.47. The van der Waals surface area contributed by atoms with Gasteiger partial charge in [0.2, 0.25) is 0 Å². The minimum Gasteiger partial charge on any atom is -0.378 e. The molecule has 1 saturated carbocycles. The highest BCUT2D eigenvalue weighted by atomic mass is 19.4. The maximum absolute atomic E-state index is 13.3. The van der Waals surface area contributed by atoms with E-state index in [4.69, 9.17) is 4.74 Å². The van der Waals surface area contributed by atoms with Crippen LogP contribution >= 0.6 is 0 Å². The molecule has 1 aliphatic heterocycles. The number of rotatable bonds is 6. The summed E-state index contributed by atoms with van der Waals surface area (Å²) < 4.78 is 45.5. The zero-order valence-corrected chi connectivity index (χ0v) is 12.9. The van der Waals surface area contributed by atoms with Crippen LogP contribution in [0.25, 0.3) is 0 Å². The van der Waals surface area contributed by atoms with Gasteiger partial charge < -0.3 is 10.1 Å². The van der Waals surface area contributed by atoms with Crippen LogP contribution in [0, 0.1) is 11.8 Å². The summed E-state index contributed by atoms with van der Waals surface area (Å²) >= 11 is 0. The van der Waals surface area contributed by atoms with E-state index in [1.54, 1.807) is 0 Å². The highest BCUT2D eigenvalue weighted by Crippen LogP contribution is 2.43. The Morgan fingerprint density at radius 3 is 2.52 bits per heavy atom. The topological polar surface area (TPSA) is 21.3 Å². The van der Waals surface area contributed by atoms with Crippen molar-refractivity contribution in [3.8, 4) is 0 Å².